The molecule has 1 aromatic rings. The minimum absolute atomic E-state index is 0.419. The normalized spacial score (nSPS) is 16.8. The quantitative estimate of drug-likeness (QED) is 0.425. The van der Waals surface area contributed by atoms with Gasteiger partial charge in [0.25, 0.3) is 0 Å². The van der Waals surface area contributed by atoms with E-state index in [-0.39, 0.29) is 0 Å². The second kappa shape index (κ2) is 8.61. The fraction of sp³-hybridized carbons (Fsp3) is 0.700. The molecule has 0 N–H and O–H groups in total. The molecule has 0 aliphatic carbocycles. The summed E-state index contributed by atoms with van der Waals surface area (Å²) in [5.41, 5.74) is -0.0422. The molecule has 5 heteroatoms. The van der Waals surface area contributed by atoms with Gasteiger partial charge in [-0.15, -0.1) is 0 Å². The van der Waals surface area contributed by atoms with Crippen LogP contribution in [0.1, 0.15) is 57.4 Å². The van der Waals surface area contributed by atoms with Gasteiger partial charge in [-0.1, -0.05) is 69.4 Å². The number of anilines is 1. The van der Waals surface area contributed by atoms with Crippen molar-refractivity contribution in [2.45, 2.75) is 77.2 Å². The lowest BCUT2D eigenvalue weighted by molar-refractivity contribution is -0.137. The molecule has 25 heavy (non-hydrogen) atoms. The molecule has 0 radical (unpaired) electrons. The van der Waals surface area contributed by atoms with Gasteiger partial charge in [-0.25, -0.2) is 0 Å². The molecule has 0 saturated carbocycles. The van der Waals surface area contributed by atoms with E-state index >= 15 is 0 Å². The van der Waals surface area contributed by atoms with Crippen molar-refractivity contribution in [3.63, 3.8) is 0 Å². The Kier molecular flexibility index (Phi) is 7.00. The maximum Gasteiger partial charge on any atom is 0.418 e. The Bertz CT molecular complexity index is 546. The van der Waals surface area contributed by atoms with Crippen molar-refractivity contribution in [2.75, 3.05) is 18.0 Å². The van der Waals surface area contributed by atoms with E-state index in [1.807, 2.05) is 11.0 Å². The van der Waals surface area contributed by atoms with Crippen LogP contribution in [0.15, 0.2) is 18.2 Å². The maximum atomic E-state index is 13.6. The van der Waals surface area contributed by atoms with E-state index in [0.717, 1.165) is 50.0 Å². The van der Waals surface area contributed by atoms with Crippen LogP contribution in [0.25, 0.3) is 0 Å². The number of hydrogen-bond donors (Lipinski definition) is 0. The highest BCUT2D eigenvalue weighted by molar-refractivity contribution is 6.89. The van der Waals surface area contributed by atoms with Crippen LogP contribution < -0.4 is 10.1 Å². The second-order valence-corrected chi connectivity index (χ2v) is 12.8. The Balaban J connectivity index is 2.36. The summed E-state index contributed by atoms with van der Waals surface area (Å²) in [4.78, 5) is 1.98. The third kappa shape index (κ3) is 5.50. The summed E-state index contributed by atoms with van der Waals surface area (Å²) in [5.74, 6) is 0. The SMILES string of the molecule is CCCCC[Si](C)(C)c1ccc(C(F)(F)F)c(N2CCCCCC2)c1. The monoisotopic (exact) mass is 371 g/mol. The zero-order chi connectivity index (χ0) is 18.5. The molecule has 0 amide bonds. The fourth-order valence-electron chi connectivity index (χ4n) is 3.73. The molecule has 0 aromatic heterocycles. The molecule has 1 aliphatic rings. The average Bonchev–Trinajstić information content (AvgIpc) is 2.83. The summed E-state index contributed by atoms with van der Waals surface area (Å²) < 4.78 is 40.7. The van der Waals surface area contributed by atoms with Crippen molar-refractivity contribution in [3.05, 3.63) is 23.8 Å². The highest BCUT2D eigenvalue weighted by Gasteiger charge is 2.36. The maximum absolute atomic E-state index is 13.6. The van der Waals surface area contributed by atoms with Gasteiger partial charge in [0, 0.05) is 18.8 Å². The summed E-state index contributed by atoms with van der Waals surface area (Å²) in [6.07, 6.45) is 3.48. The van der Waals surface area contributed by atoms with E-state index < -0.39 is 19.8 Å². The topological polar surface area (TPSA) is 3.24 Å². The van der Waals surface area contributed by atoms with E-state index in [2.05, 4.69) is 20.0 Å². The smallest absolute Gasteiger partial charge is 0.371 e. The van der Waals surface area contributed by atoms with Crippen molar-refractivity contribution in [2.24, 2.45) is 0 Å². The molecule has 1 nitrogen and oxygen atoms in total. The van der Waals surface area contributed by atoms with Crippen molar-refractivity contribution in [1.82, 2.24) is 0 Å². The van der Waals surface area contributed by atoms with Gasteiger partial charge in [0.1, 0.15) is 0 Å². The van der Waals surface area contributed by atoms with Gasteiger partial charge in [-0.2, -0.15) is 13.2 Å². The van der Waals surface area contributed by atoms with Crippen LogP contribution in [-0.2, 0) is 6.18 Å². The average molecular weight is 372 g/mol. The lowest BCUT2D eigenvalue weighted by atomic mass is 10.1. The van der Waals surface area contributed by atoms with Crippen LogP contribution >= 0.6 is 0 Å². The summed E-state index contributed by atoms with van der Waals surface area (Å²) in [6.45, 7) is 8.24. The van der Waals surface area contributed by atoms with Crippen LogP contribution in [0.5, 0.6) is 0 Å². The standard InChI is InChI=1S/C20H32F3NSi/c1-4-5-10-15-25(2,3)17-11-12-18(20(21,22)23)19(16-17)24-13-8-6-7-9-14-24/h11-12,16H,4-10,13-15H2,1-3H3. The third-order valence-corrected chi connectivity index (χ3v) is 8.91. The number of alkyl halides is 3. The molecule has 1 fully saturated rings. The number of nitrogens with zero attached hydrogens (tertiary/aromatic N) is 1. The highest BCUT2D eigenvalue weighted by Crippen LogP contribution is 2.37. The lowest BCUT2D eigenvalue weighted by Crippen LogP contribution is -2.42. The van der Waals surface area contributed by atoms with Gasteiger partial charge in [0.15, 0.2) is 0 Å². The predicted octanol–water partition coefficient (Wildman–Crippen LogP) is 6.19. The first-order chi connectivity index (χ1) is 11.8. The van der Waals surface area contributed by atoms with Crippen LogP contribution in [0.3, 0.4) is 0 Å². The molecule has 142 valence electrons. The minimum atomic E-state index is -4.28. The molecule has 0 unspecified atom stereocenters. The summed E-state index contributed by atoms with van der Waals surface area (Å²) in [5, 5.41) is 1.16. The molecule has 0 atom stereocenters. The van der Waals surface area contributed by atoms with Gasteiger partial charge < -0.3 is 4.90 Å². The Labute approximate surface area is 151 Å². The van der Waals surface area contributed by atoms with Crippen molar-refractivity contribution < 1.29 is 13.2 Å². The van der Waals surface area contributed by atoms with Gasteiger partial charge in [0.2, 0.25) is 0 Å². The van der Waals surface area contributed by atoms with Gasteiger partial charge >= 0.3 is 6.18 Å². The number of hydrogen-bond acceptors (Lipinski definition) is 1. The number of benzene rings is 1. The molecule has 1 heterocycles. The Morgan fingerprint density at radius 2 is 1.64 bits per heavy atom. The molecule has 0 spiro atoms. The van der Waals surface area contributed by atoms with Gasteiger partial charge in [-0.3, -0.25) is 0 Å². The van der Waals surface area contributed by atoms with E-state index in [1.54, 1.807) is 6.07 Å². The molecule has 1 aliphatic heterocycles. The van der Waals surface area contributed by atoms with Crippen molar-refractivity contribution in [3.8, 4) is 0 Å². The Hall–Kier alpha value is -0.973. The van der Waals surface area contributed by atoms with E-state index in [1.165, 1.54) is 25.3 Å². The molecular weight excluding hydrogens is 339 g/mol. The summed E-state index contributed by atoms with van der Waals surface area (Å²) in [7, 11) is -1.70. The Morgan fingerprint density at radius 3 is 2.20 bits per heavy atom. The van der Waals surface area contributed by atoms with Crippen LogP contribution in [0, 0.1) is 0 Å². The van der Waals surface area contributed by atoms with Gasteiger partial charge in [0.05, 0.1) is 13.6 Å². The first kappa shape index (κ1) is 20.3. The second-order valence-electron chi connectivity index (χ2n) is 7.97. The van der Waals surface area contributed by atoms with Crippen LogP contribution in [0.4, 0.5) is 18.9 Å². The predicted molar refractivity (Wildman–Crippen MR) is 104 cm³/mol. The van der Waals surface area contributed by atoms with E-state index in [0.29, 0.717) is 5.69 Å². The minimum Gasteiger partial charge on any atom is -0.371 e. The number of unbranched alkanes of at least 4 members (excludes halogenated alkanes) is 2. The summed E-state index contributed by atoms with van der Waals surface area (Å²) >= 11 is 0. The van der Waals surface area contributed by atoms with Gasteiger partial charge in [-0.05, 0) is 25.0 Å². The highest BCUT2D eigenvalue weighted by atomic mass is 28.3. The molecule has 1 saturated heterocycles. The first-order valence-electron chi connectivity index (χ1n) is 9.72. The zero-order valence-electron chi connectivity index (χ0n) is 15.9. The zero-order valence-corrected chi connectivity index (χ0v) is 16.9. The van der Waals surface area contributed by atoms with E-state index in [4.69, 9.17) is 0 Å². The van der Waals surface area contributed by atoms with Crippen LogP contribution in [-0.4, -0.2) is 21.2 Å². The molecular formula is C20H32F3NSi. The van der Waals surface area contributed by atoms with Crippen molar-refractivity contribution in [1.29, 1.82) is 0 Å². The van der Waals surface area contributed by atoms with Crippen LogP contribution in [0.2, 0.25) is 19.1 Å². The van der Waals surface area contributed by atoms with E-state index in [9.17, 15) is 13.2 Å². The summed E-state index contributed by atoms with van der Waals surface area (Å²) in [6, 6.07) is 6.12. The fourth-order valence-corrected chi connectivity index (χ4v) is 6.21. The van der Waals surface area contributed by atoms with Crippen molar-refractivity contribution >= 4 is 18.9 Å². The lowest BCUT2D eigenvalue weighted by Gasteiger charge is -2.30. The molecule has 2 rings (SSSR count). The molecule has 1 aromatic carbocycles. The first-order valence-corrected chi connectivity index (χ1v) is 12.9. The molecule has 0 bridgehead atoms. The largest absolute Gasteiger partial charge is 0.418 e. The Morgan fingerprint density at radius 1 is 1.00 bits per heavy atom. The number of halogens is 3. The third-order valence-electron chi connectivity index (χ3n) is 5.44. The number of rotatable bonds is 6.